The minimum Gasteiger partial charge on any atom is -0.327 e. The molecule has 4 nitrogen and oxygen atoms in total. The third-order valence-electron chi connectivity index (χ3n) is 4.56. The summed E-state index contributed by atoms with van der Waals surface area (Å²) in [4.78, 5) is 0. The van der Waals surface area contributed by atoms with Crippen molar-refractivity contribution in [2.75, 3.05) is 0 Å². The molecule has 0 amide bonds. The topological polar surface area (TPSA) is 56.7 Å². The van der Waals surface area contributed by atoms with Gasteiger partial charge in [0.05, 0.1) is 5.69 Å². The van der Waals surface area contributed by atoms with Gasteiger partial charge in [0.25, 0.3) is 0 Å². The Hall–Kier alpha value is -0.900. The molecule has 2 N–H and O–H groups in total. The standard InChI is InChI=1S/C15H28N4/c1-3-4-5-12-6-8-13(9-7-12)15(16)10-14-11-19(2)18-17-14/h11-13,15H,3-10,16H2,1-2H3. The van der Waals surface area contributed by atoms with Crippen molar-refractivity contribution in [3.8, 4) is 0 Å². The number of aromatic nitrogens is 3. The van der Waals surface area contributed by atoms with Crippen molar-refractivity contribution in [1.82, 2.24) is 15.0 Å². The summed E-state index contributed by atoms with van der Waals surface area (Å²) >= 11 is 0. The Labute approximate surface area is 116 Å². The van der Waals surface area contributed by atoms with Crippen molar-refractivity contribution in [3.63, 3.8) is 0 Å². The Kier molecular flexibility index (Phi) is 5.37. The van der Waals surface area contributed by atoms with Gasteiger partial charge in [-0.1, -0.05) is 44.2 Å². The van der Waals surface area contributed by atoms with Crippen LogP contribution in [0.5, 0.6) is 0 Å². The molecule has 0 bridgehead atoms. The highest BCUT2D eigenvalue weighted by molar-refractivity contribution is 4.97. The second-order valence-corrected chi connectivity index (χ2v) is 6.17. The van der Waals surface area contributed by atoms with Gasteiger partial charge < -0.3 is 5.73 Å². The van der Waals surface area contributed by atoms with Crippen LogP contribution in [-0.4, -0.2) is 21.0 Å². The summed E-state index contributed by atoms with van der Waals surface area (Å²) in [6.07, 6.45) is 12.3. The van der Waals surface area contributed by atoms with Crippen LogP contribution in [0, 0.1) is 11.8 Å². The van der Waals surface area contributed by atoms with Crippen molar-refractivity contribution < 1.29 is 0 Å². The molecule has 1 aromatic heterocycles. The van der Waals surface area contributed by atoms with Crippen molar-refractivity contribution in [2.24, 2.45) is 24.6 Å². The van der Waals surface area contributed by atoms with Gasteiger partial charge in [-0.25, -0.2) is 0 Å². The van der Waals surface area contributed by atoms with Gasteiger partial charge in [-0.2, -0.15) is 0 Å². The maximum atomic E-state index is 6.36. The highest BCUT2D eigenvalue weighted by Gasteiger charge is 2.25. The summed E-state index contributed by atoms with van der Waals surface area (Å²) in [5.41, 5.74) is 7.39. The molecule has 1 fully saturated rings. The van der Waals surface area contributed by atoms with Crippen LogP contribution < -0.4 is 5.73 Å². The predicted molar refractivity (Wildman–Crippen MR) is 77.7 cm³/mol. The Morgan fingerprint density at radius 3 is 2.68 bits per heavy atom. The summed E-state index contributed by atoms with van der Waals surface area (Å²) in [5.74, 6) is 1.64. The molecule has 108 valence electrons. The number of aryl methyl sites for hydroxylation is 1. The molecular formula is C15H28N4. The van der Waals surface area contributed by atoms with E-state index in [1.54, 1.807) is 4.68 Å². The first kappa shape index (κ1) is 14.5. The fraction of sp³-hybridized carbons (Fsp3) is 0.867. The summed E-state index contributed by atoms with van der Waals surface area (Å²) in [6.45, 7) is 2.28. The average Bonchev–Trinajstić information content (AvgIpc) is 2.82. The molecule has 0 radical (unpaired) electrons. The maximum Gasteiger partial charge on any atom is 0.0842 e. The van der Waals surface area contributed by atoms with Crippen LogP contribution in [-0.2, 0) is 13.5 Å². The molecule has 4 heteroatoms. The van der Waals surface area contributed by atoms with Crippen molar-refractivity contribution in [1.29, 1.82) is 0 Å². The van der Waals surface area contributed by atoms with E-state index in [1.165, 1.54) is 44.9 Å². The first-order chi connectivity index (χ1) is 9.19. The number of nitrogens with two attached hydrogens (primary N) is 1. The lowest BCUT2D eigenvalue weighted by atomic mass is 9.76. The van der Waals surface area contributed by atoms with Gasteiger partial charge in [0.15, 0.2) is 0 Å². The highest BCUT2D eigenvalue weighted by Crippen LogP contribution is 2.33. The van der Waals surface area contributed by atoms with E-state index >= 15 is 0 Å². The number of unbranched alkanes of at least 4 members (excludes halogenated alkanes) is 1. The lowest BCUT2D eigenvalue weighted by Crippen LogP contribution is -2.35. The maximum absolute atomic E-state index is 6.36. The molecule has 0 saturated heterocycles. The second kappa shape index (κ2) is 7.04. The zero-order valence-electron chi connectivity index (χ0n) is 12.4. The van der Waals surface area contributed by atoms with E-state index in [4.69, 9.17) is 5.73 Å². The molecule has 0 aliphatic heterocycles. The minimum absolute atomic E-state index is 0.254. The molecule has 0 spiro atoms. The lowest BCUT2D eigenvalue weighted by Gasteiger charge is -2.32. The van der Waals surface area contributed by atoms with Gasteiger partial charge >= 0.3 is 0 Å². The van der Waals surface area contributed by atoms with E-state index in [-0.39, 0.29) is 6.04 Å². The molecule has 1 atom stereocenters. The third-order valence-corrected chi connectivity index (χ3v) is 4.56. The fourth-order valence-corrected chi connectivity index (χ4v) is 3.29. The van der Waals surface area contributed by atoms with Gasteiger partial charge in [0.1, 0.15) is 0 Å². The summed E-state index contributed by atoms with van der Waals surface area (Å²) in [6, 6.07) is 0.254. The Morgan fingerprint density at radius 1 is 1.37 bits per heavy atom. The van der Waals surface area contributed by atoms with Crippen LogP contribution >= 0.6 is 0 Å². The fourth-order valence-electron chi connectivity index (χ4n) is 3.29. The molecule has 0 aromatic carbocycles. The molecule has 1 saturated carbocycles. The summed E-state index contributed by atoms with van der Waals surface area (Å²) in [7, 11) is 1.90. The van der Waals surface area contributed by atoms with Crippen LogP contribution in [0.4, 0.5) is 0 Å². The highest BCUT2D eigenvalue weighted by atomic mass is 15.4. The van der Waals surface area contributed by atoms with Crippen LogP contribution in [0.25, 0.3) is 0 Å². The van der Waals surface area contributed by atoms with Crippen molar-refractivity contribution in [2.45, 2.75) is 64.3 Å². The van der Waals surface area contributed by atoms with Gasteiger partial charge in [0.2, 0.25) is 0 Å². The molecule has 1 heterocycles. The van der Waals surface area contributed by atoms with Crippen LogP contribution in [0.15, 0.2) is 6.20 Å². The SMILES string of the molecule is CCCCC1CCC(C(N)Cc2cn(C)nn2)CC1. The van der Waals surface area contributed by atoms with Crippen molar-refractivity contribution in [3.05, 3.63) is 11.9 Å². The van der Waals surface area contributed by atoms with Crippen molar-refractivity contribution >= 4 is 0 Å². The number of nitrogens with zero attached hydrogens (tertiary/aromatic N) is 3. The molecule has 2 rings (SSSR count). The molecule has 1 unspecified atom stereocenters. The quantitative estimate of drug-likeness (QED) is 0.859. The van der Waals surface area contributed by atoms with E-state index in [9.17, 15) is 0 Å². The van der Waals surface area contributed by atoms with E-state index in [0.717, 1.165) is 18.0 Å². The normalized spacial score (nSPS) is 25.4. The largest absolute Gasteiger partial charge is 0.327 e. The Balaban J connectivity index is 1.74. The van der Waals surface area contributed by atoms with Gasteiger partial charge in [-0.15, -0.1) is 5.10 Å². The zero-order valence-corrected chi connectivity index (χ0v) is 12.4. The Bertz CT molecular complexity index is 366. The van der Waals surface area contributed by atoms with Gasteiger partial charge in [-0.05, 0) is 24.7 Å². The molecular weight excluding hydrogens is 236 g/mol. The van der Waals surface area contributed by atoms with E-state index in [2.05, 4.69) is 17.2 Å². The predicted octanol–water partition coefficient (Wildman–Crippen LogP) is 2.68. The summed E-state index contributed by atoms with van der Waals surface area (Å²) < 4.78 is 1.75. The van der Waals surface area contributed by atoms with E-state index in [0.29, 0.717) is 5.92 Å². The molecule has 19 heavy (non-hydrogen) atoms. The Morgan fingerprint density at radius 2 is 2.11 bits per heavy atom. The first-order valence-corrected chi connectivity index (χ1v) is 7.79. The second-order valence-electron chi connectivity index (χ2n) is 6.17. The van der Waals surface area contributed by atoms with Gasteiger partial charge in [0, 0.05) is 25.7 Å². The number of hydrogen-bond acceptors (Lipinski definition) is 3. The molecule has 1 aromatic rings. The third kappa shape index (κ3) is 4.30. The monoisotopic (exact) mass is 264 g/mol. The number of rotatable bonds is 6. The zero-order chi connectivity index (χ0) is 13.7. The average molecular weight is 264 g/mol. The number of hydrogen-bond donors (Lipinski definition) is 1. The minimum atomic E-state index is 0.254. The van der Waals surface area contributed by atoms with Crippen LogP contribution in [0.1, 0.15) is 57.6 Å². The summed E-state index contributed by atoms with van der Waals surface area (Å²) in [5, 5.41) is 8.11. The van der Waals surface area contributed by atoms with Crippen LogP contribution in [0.2, 0.25) is 0 Å². The van der Waals surface area contributed by atoms with E-state index < -0.39 is 0 Å². The van der Waals surface area contributed by atoms with Gasteiger partial charge in [-0.3, -0.25) is 4.68 Å². The van der Waals surface area contributed by atoms with Crippen LogP contribution in [0.3, 0.4) is 0 Å². The molecule has 1 aliphatic carbocycles. The lowest BCUT2D eigenvalue weighted by molar-refractivity contribution is 0.230. The smallest absolute Gasteiger partial charge is 0.0842 e. The first-order valence-electron chi connectivity index (χ1n) is 7.79. The molecule has 1 aliphatic rings. The van der Waals surface area contributed by atoms with E-state index in [1.807, 2.05) is 13.2 Å².